The SMILES string of the molecule is Cc1ccccc1C(=O)NC1CCN(C(=O)C2(c3cccc(C(F)(F)F)c3)CCOCC2)CC1. The van der Waals surface area contributed by atoms with Gasteiger partial charge in [-0.05, 0) is 55.9 Å². The van der Waals surface area contributed by atoms with Crippen molar-refractivity contribution in [2.45, 2.75) is 50.2 Å². The van der Waals surface area contributed by atoms with Gasteiger partial charge in [-0.25, -0.2) is 0 Å². The van der Waals surface area contributed by atoms with E-state index in [1.807, 2.05) is 25.1 Å². The molecule has 2 heterocycles. The Morgan fingerprint density at radius 3 is 2.35 bits per heavy atom. The lowest BCUT2D eigenvalue weighted by Crippen LogP contribution is -2.54. The molecule has 4 rings (SSSR count). The minimum absolute atomic E-state index is 0.0599. The molecular weight excluding hydrogens is 445 g/mol. The van der Waals surface area contributed by atoms with Gasteiger partial charge >= 0.3 is 6.18 Å². The molecule has 2 aliphatic heterocycles. The third-order valence-corrected chi connectivity index (χ3v) is 7.01. The number of aryl methyl sites for hydroxylation is 1. The van der Waals surface area contributed by atoms with Crippen LogP contribution in [-0.2, 0) is 21.1 Å². The standard InChI is InChI=1S/C26H29F3N2O3/c1-18-5-2-3-8-22(18)23(32)30-21-9-13-31(14-10-21)24(33)25(11-15-34-16-12-25)19-6-4-7-20(17-19)26(27,28)29/h2-8,17,21H,9-16H2,1H3,(H,30,32). The van der Waals surface area contributed by atoms with Crippen LogP contribution in [0.15, 0.2) is 48.5 Å². The van der Waals surface area contributed by atoms with E-state index in [0.29, 0.717) is 63.1 Å². The van der Waals surface area contributed by atoms with Crippen molar-refractivity contribution in [1.29, 1.82) is 0 Å². The average molecular weight is 475 g/mol. The van der Waals surface area contributed by atoms with Crippen molar-refractivity contribution in [2.24, 2.45) is 0 Å². The summed E-state index contributed by atoms with van der Waals surface area (Å²) in [6, 6.07) is 12.4. The first-order chi connectivity index (χ1) is 16.2. The lowest BCUT2D eigenvalue weighted by Gasteiger charge is -2.42. The molecule has 2 aliphatic rings. The summed E-state index contributed by atoms with van der Waals surface area (Å²) in [6.07, 6.45) is -2.59. The van der Waals surface area contributed by atoms with Crippen LogP contribution in [0.3, 0.4) is 0 Å². The van der Waals surface area contributed by atoms with Crippen LogP contribution < -0.4 is 5.32 Å². The van der Waals surface area contributed by atoms with Crippen LogP contribution in [0.25, 0.3) is 0 Å². The van der Waals surface area contributed by atoms with Crippen molar-refractivity contribution < 1.29 is 27.5 Å². The van der Waals surface area contributed by atoms with Gasteiger partial charge in [-0.15, -0.1) is 0 Å². The highest BCUT2D eigenvalue weighted by Crippen LogP contribution is 2.40. The monoisotopic (exact) mass is 474 g/mol. The maximum absolute atomic E-state index is 13.7. The highest BCUT2D eigenvalue weighted by Gasteiger charge is 2.45. The Labute approximate surface area is 197 Å². The summed E-state index contributed by atoms with van der Waals surface area (Å²) < 4.78 is 45.5. The van der Waals surface area contributed by atoms with Crippen LogP contribution in [0, 0.1) is 6.92 Å². The number of likely N-dealkylation sites (tertiary alicyclic amines) is 1. The van der Waals surface area contributed by atoms with Crippen molar-refractivity contribution in [3.63, 3.8) is 0 Å². The number of hydrogen-bond donors (Lipinski definition) is 1. The molecule has 8 heteroatoms. The fourth-order valence-electron chi connectivity index (χ4n) is 4.96. The lowest BCUT2D eigenvalue weighted by atomic mass is 9.72. The van der Waals surface area contributed by atoms with Crippen molar-refractivity contribution in [1.82, 2.24) is 10.2 Å². The molecule has 0 saturated carbocycles. The van der Waals surface area contributed by atoms with Crippen LogP contribution in [0.2, 0.25) is 0 Å². The van der Waals surface area contributed by atoms with Gasteiger partial charge in [-0.1, -0.05) is 36.4 Å². The van der Waals surface area contributed by atoms with Crippen LogP contribution in [0.4, 0.5) is 13.2 Å². The maximum atomic E-state index is 13.7. The Balaban J connectivity index is 1.47. The summed E-state index contributed by atoms with van der Waals surface area (Å²) >= 11 is 0. The number of amides is 2. The molecular formula is C26H29F3N2O3. The van der Waals surface area contributed by atoms with E-state index in [0.717, 1.165) is 17.7 Å². The number of nitrogens with one attached hydrogen (secondary N) is 1. The summed E-state index contributed by atoms with van der Waals surface area (Å²) in [5, 5.41) is 3.06. The number of nitrogens with zero attached hydrogens (tertiary/aromatic N) is 1. The largest absolute Gasteiger partial charge is 0.416 e. The number of ether oxygens (including phenoxy) is 1. The average Bonchev–Trinajstić information content (AvgIpc) is 2.84. The Bertz CT molecular complexity index is 1040. The van der Waals surface area contributed by atoms with Gasteiger partial charge in [0.1, 0.15) is 0 Å². The second kappa shape index (κ2) is 9.78. The van der Waals surface area contributed by atoms with Gasteiger partial charge in [0.25, 0.3) is 5.91 Å². The predicted molar refractivity (Wildman–Crippen MR) is 121 cm³/mol. The molecule has 2 fully saturated rings. The highest BCUT2D eigenvalue weighted by molar-refractivity contribution is 5.95. The van der Waals surface area contributed by atoms with Gasteiger partial charge < -0.3 is 15.0 Å². The molecule has 0 spiro atoms. The highest BCUT2D eigenvalue weighted by atomic mass is 19.4. The number of rotatable bonds is 4. The number of halogens is 3. The molecule has 2 amide bonds. The van der Waals surface area contributed by atoms with Crippen molar-refractivity contribution >= 4 is 11.8 Å². The van der Waals surface area contributed by atoms with E-state index in [1.165, 1.54) is 6.07 Å². The summed E-state index contributed by atoms with van der Waals surface area (Å²) in [4.78, 5) is 28.1. The second-order valence-corrected chi connectivity index (χ2v) is 9.13. The van der Waals surface area contributed by atoms with Crippen LogP contribution in [-0.4, -0.2) is 49.1 Å². The molecule has 2 aromatic carbocycles. The third kappa shape index (κ3) is 4.97. The molecule has 2 aromatic rings. The molecule has 0 aromatic heterocycles. The van der Waals surface area contributed by atoms with Gasteiger partial charge in [0.2, 0.25) is 5.91 Å². The number of hydrogen-bond acceptors (Lipinski definition) is 3. The summed E-state index contributed by atoms with van der Waals surface area (Å²) in [5.41, 5.74) is 0.144. The summed E-state index contributed by atoms with van der Waals surface area (Å²) in [6.45, 7) is 3.42. The van der Waals surface area contributed by atoms with E-state index in [9.17, 15) is 22.8 Å². The van der Waals surface area contributed by atoms with Gasteiger partial charge in [0.15, 0.2) is 0 Å². The predicted octanol–water partition coefficient (Wildman–Crippen LogP) is 4.48. The van der Waals surface area contributed by atoms with E-state index in [-0.39, 0.29) is 17.9 Å². The summed E-state index contributed by atoms with van der Waals surface area (Å²) in [5.74, 6) is -0.286. The number of carbonyl (C=O) groups is 2. The topological polar surface area (TPSA) is 58.6 Å². The fourth-order valence-corrected chi connectivity index (χ4v) is 4.96. The van der Waals surface area contributed by atoms with Crippen LogP contribution >= 0.6 is 0 Å². The lowest BCUT2D eigenvalue weighted by molar-refractivity contribution is -0.143. The molecule has 0 radical (unpaired) electrons. The number of alkyl halides is 3. The first-order valence-corrected chi connectivity index (χ1v) is 11.6. The third-order valence-electron chi connectivity index (χ3n) is 7.01. The molecule has 1 N–H and O–H groups in total. The van der Waals surface area contributed by atoms with Crippen molar-refractivity contribution in [3.05, 3.63) is 70.8 Å². The number of carbonyl (C=O) groups excluding carboxylic acids is 2. The molecule has 34 heavy (non-hydrogen) atoms. The van der Waals surface area contributed by atoms with Gasteiger partial charge in [-0.3, -0.25) is 9.59 Å². The van der Waals surface area contributed by atoms with Crippen LogP contribution in [0.5, 0.6) is 0 Å². The van der Waals surface area contributed by atoms with E-state index in [1.54, 1.807) is 17.0 Å². The Morgan fingerprint density at radius 1 is 1.03 bits per heavy atom. The zero-order valence-corrected chi connectivity index (χ0v) is 19.2. The second-order valence-electron chi connectivity index (χ2n) is 9.13. The zero-order chi connectivity index (χ0) is 24.3. The van der Waals surface area contributed by atoms with Crippen LogP contribution in [0.1, 0.15) is 52.7 Å². The maximum Gasteiger partial charge on any atom is 0.416 e. The van der Waals surface area contributed by atoms with Gasteiger partial charge in [0, 0.05) is 37.9 Å². The molecule has 0 unspecified atom stereocenters. The minimum atomic E-state index is -4.47. The smallest absolute Gasteiger partial charge is 0.381 e. The first-order valence-electron chi connectivity index (χ1n) is 11.6. The quantitative estimate of drug-likeness (QED) is 0.711. The molecule has 0 aliphatic carbocycles. The minimum Gasteiger partial charge on any atom is -0.381 e. The van der Waals surface area contributed by atoms with E-state index >= 15 is 0 Å². The number of benzene rings is 2. The zero-order valence-electron chi connectivity index (χ0n) is 19.2. The molecule has 5 nitrogen and oxygen atoms in total. The Kier molecular flexibility index (Phi) is 6.98. The van der Waals surface area contributed by atoms with E-state index in [4.69, 9.17) is 4.74 Å². The van der Waals surface area contributed by atoms with Gasteiger partial charge in [0.05, 0.1) is 11.0 Å². The molecule has 0 bridgehead atoms. The van der Waals surface area contributed by atoms with E-state index < -0.39 is 17.2 Å². The summed E-state index contributed by atoms with van der Waals surface area (Å²) in [7, 11) is 0. The van der Waals surface area contributed by atoms with Crippen molar-refractivity contribution in [3.8, 4) is 0 Å². The molecule has 0 atom stereocenters. The number of piperidine rings is 1. The van der Waals surface area contributed by atoms with Gasteiger partial charge in [-0.2, -0.15) is 13.2 Å². The Hall–Kier alpha value is -2.87. The van der Waals surface area contributed by atoms with E-state index in [2.05, 4.69) is 5.32 Å². The molecule has 2 saturated heterocycles. The normalized spacial score (nSPS) is 19.0. The fraction of sp³-hybridized carbons (Fsp3) is 0.462. The molecule has 182 valence electrons. The van der Waals surface area contributed by atoms with Crippen molar-refractivity contribution in [2.75, 3.05) is 26.3 Å². The Morgan fingerprint density at radius 2 is 1.71 bits per heavy atom. The first kappa shape index (κ1) is 24.3.